The topological polar surface area (TPSA) is 103 Å². The summed E-state index contributed by atoms with van der Waals surface area (Å²) in [6.45, 7) is 1.83. The number of carboxylic acid groups (broad SMARTS) is 1. The Morgan fingerprint density at radius 1 is 1.47 bits per heavy atom. The molecule has 0 atom stereocenters. The van der Waals surface area contributed by atoms with Crippen molar-refractivity contribution in [1.29, 1.82) is 0 Å². The van der Waals surface area contributed by atoms with Crippen molar-refractivity contribution in [3.8, 4) is 0 Å². The summed E-state index contributed by atoms with van der Waals surface area (Å²) in [7, 11) is 0. The molecule has 1 rings (SSSR count). The third-order valence-corrected chi connectivity index (χ3v) is 1.55. The molecule has 0 aliphatic carbocycles. The minimum absolute atomic E-state index is 0.103. The van der Waals surface area contributed by atoms with E-state index in [0.29, 0.717) is 0 Å². The van der Waals surface area contributed by atoms with Crippen LogP contribution < -0.4 is 5.73 Å². The number of hydrogen-bond acceptors (Lipinski definition) is 5. The Kier molecular flexibility index (Phi) is 3.22. The molecule has 1 aromatic rings. The number of anilines is 1. The van der Waals surface area contributed by atoms with Crippen molar-refractivity contribution in [3.05, 3.63) is 23.5 Å². The monoisotopic (exact) mass is 210 g/mol. The maximum Gasteiger partial charge on any atom is 0.357 e. The molecular weight excluding hydrogens is 200 g/mol. The number of nitrogens with zero attached hydrogens (tertiary/aromatic N) is 1. The van der Waals surface area contributed by atoms with Crippen molar-refractivity contribution in [1.82, 2.24) is 4.98 Å². The van der Waals surface area contributed by atoms with Gasteiger partial charge >= 0.3 is 11.9 Å². The van der Waals surface area contributed by atoms with Crippen molar-refractivity contribution < 1.29 is 19.4 Å². The summed E-state index contributed by atoms with van der Waals surface area (Å²) in [5.41, 5.74) is 5.20. The molecule has 6 heteroatoms. The van der Waals surface area contributed by atoms with E-state index in [1.165, 1.54) is 12.1 Å². The second kappa shape index (κ2) is 4.41. The molecule has 0 aliphatic heterocycles. The van der Waals surface area contributed by atoms with Crippen LogP contribution in [0.2, 0.25) is 0 Å². The van der Waals surface area contributed by atoms with E-state index in [0.717, 1.165) is 0 Å². The fourth-order valence-corrected chi connectivity index (χ4v) is 0.971. The van der Waals surface area contributed by atoms with Crippen LogP contribution in [-0.4, -0.2) is 28.6 Å². The van der Waals surface area contributed by atoms with Crippen molar-refractivity contribution in [2.24, 2.45) is 0 Å². The summed E-state index contributed by atoms with van der Waals surface area (Å²) < 4.78 is 4.67. The lowest BCUT2D eigenvalue weighted by Gasteiger charge is -2.03. The lowest BCUT2D eigenvalue weighted by atomic mass is 10.2. The van der Waals surface area contributed by atoms with E-state index in [1.807, 2.05) is 0 Å². The third-order valence-electron chi connectivity index (χ3n) is 1.55. The average Bonchev–Trinajstić information content (AvgIpc) is 2.17. The van der Waals surface area contributed by atoms with Crippen molar-refractivity contribution in [2.45, 2.75) is 6.92 Å². The highest BCUT2D eigenvalue weighted by atomic mass is 16.5. The van der Waals surface area contributed by atoms with E-state index in [-0.39, 0.29) is 23.7 Å². The van der Waals surface area contributed by atoms with Gasteiger partial charge in [0.2, 0.25) is 0 Å². The summed E-state index contributed by atoms with van der Waals surface area (Å²) in [5.74, 6) is -1.93. The Balaban J connectivity index is 3.09. The molecule has 0 bridgehead atoms. The Bertz CT molecular complexity index is 403. The predicted molar refractivity (Wildman–Crippen MR) is 51.6 cm³/mol. The number of rotatable bonds is 3. The SMILES string of the molecule is CCOC(=O)c1cc(N)cc(C(=O)O)n1. The fourth-order valence-electron chi connectivity index (χ4n) is 0.971. The number of carbonyl (C=O) groups is 2. The molecule has 0 spiro atoms. The largest absolute Gasteiger partial charge is 0.477 e. The Morgan fingerprint density at radius 3 is 2.60 bits per heavy atom. The molecule has 1 heterocycles. The first-order valence-corrected chi connectivity index (χ1v) is 4.22. The number of ether oxygens (including phenoxy) is 1. The second-order valence-electron chi connectivity index (χ2n) is 2.70. The first kappa shape index (κ1) is 11.0. The van der Waals surface area contributed by atoms with Crippen LogP contribution in [0.15, 0.2) is 12.1 Å². The Morgan fingerprint density at radius 2 is 2.07 bits per heavy atom. The summed E-state index contributed by atoms with van der Waals surface area (Å²) in [4.78, 5) is 25.5. The zero-order valence-corrected chi connectivity index (χ0v) is 8.06. The molecule has 0 aliphatic rings. The minimum atomic E-state index is -1.24. The van der Waals surface area contributed by atoms with Crippen LogP contribution in [0, 0.1) is 0 Å². The lowest BCUT2D eigenvalue weighted by Crippen LogP contribution is -2.11. The predicted octanol–water partition coefficient (Wildman–Crippen LogP) is 0.539. The highest BCUT2D eigenvalue weighted by Crippen LogP contribution is 2.09. The van der Waals surface area contributed by atoms with E-state index < -0.39 is 11.9 Å². The molecule has 0 unspecified atom stereocenters. The van der Waals surface area contributed by atoms with Crippen LogP contribution in [0.5, 0.6) is 0 Å². The third kappa shape index (κ3) is 2.67. The highest BCUT2D eigenvalue weighted by Gasteiger charge is 2.13. The summed E-state index contributed by atoms with van der Waals surface area (Å²) in [6.07, 6.45) is 0. The molecule has 0 fully saturated rings. The number of carbonyl (C=O) groups excluding carboxylic acids is 1. The van der Waals surface area contributed by atoms with Gasteiger partial charge in [0.15, 0.2) is 11.4 Å². The smallest absolute Gasteiger partial charge is 0.357 e. The van der Waals surface area contributed by atoms with Crippen LogP contribution in [0.4, 0.5) is 5.69 Å². The zero-order chi connectivity index (χ0) is 11.4. The number of nitrogens with two attached hydrogens (primary N) is 1. The van der Waals surface area contributed by atoms with Crippen LogP contribution >= 0.6 is 0 Å². The van der Waals surface area contributed by atoms with E-state index in [2.05, 4.69) is 9.72 Å². The van der Waals surface area contributed by atoms with Crippen molar-refractivity contribution in [2.75, 3.05) is 12.3 Å². The minimum Gasteiger partial charge on any atom is -0.477 e. The van der Waals surface area contributed by atoms with E-state index >= 15 is 0 Å². The summed E-state index contributed by atoms with van der Waals surface area (Å²) >= 11 is 0. The number of esters is 1. The maximum absolute atomic E-state index is 11.2. The van der Waals surface area contributed by atoms with Gasteiger partial charge in [0.1, 0.15) is 0 Å². The van der Waals surface area contributed by atoms with Gasteiger partial charge in [-0.05, 0) is 19.1 Å². The van der Waals surface area contributed by atoms with Crippen LogP contribution in [0.3, 0.4) is 0 Å². The van der Waals surface area contributed by atoms with Crippen LogP contribution in [-0.2, 0) is 4.74 Å². The Labute approximate surface area is 85.7 Å². The van der Waals surface area contributed by atoms with Gasteiger partial charge in [0, 0.05) is 5.69 Å². The molecule has 0 saturated heterocycles. The first-order valence-electron chi connectivity index (χ1n) is 4.22. The fraction of sp³-hybridized carbons (Fsp3) is 0.222. The normalized spacial score (nSPS) is 9.67. The lowest BCUT2D eigenvalue weighted by molar-refractivity contribution is 0.0519. The molecule has 80 valence electrons. The van der Waals surface area contributed by atoms with Crippen LogP contribution in [0.25, 0.3) is 0 Å². The van der Waals surface area contributed by atoms with Gasteiger partial charge in [-0.3, -0.25) is 0 Å². The first-order chi connectivity index (χ1) is 7.04. The van der Waals surface area contributed by atoms with Gasteiger partial charge in [-0.2, -0.15) is 0 Å². The van der Waals surface area contributed by atoms with Gasteiger partial charge in [0.25, 0.3) is 0 Å². The number of aromatic carboxylic acids is 1. The molecule has 15 heavy (non-hydrogen) atoms. The molecule has 0 amide bonds. The van der Waals surface area contributed by atoms with Crippen molar-refractivity contribution in [3.63, 3.8) is 0 Å². The number of pyridine rings is 1. The average molecular weight is 210 g/mol. The standard InChI is InChI=1S/C9H10N2O4/c1-2-15-9(14)7-4-5(10)3-6(11-7)8(12)13/h3-4H,2H2,1H3,(H2,10,11)(H,12,13). The van der Waals surface area contributed by atoms with Gasteiger partial charge in [0.05, 0.1) is 6.61 Å². The molecular formula is C9H10N2O4. The second-order valence-corrected chi connectivity index (χ2v) is 2.70. The summed E-state index contributed by atoms with van der Waals surface area (Å²) in [5, 5.41) is 8.68. The number of hydrogen-bond donors (Lipinski definition) is 2. The number of carboxylic acids is 1. The maximum atomic E-state index is 11.2. The molecule has 3 N–H and O–H groups in total. The van der Waals surface area contributed by atoms with Crippen molar-refractivity contribution >= 4 is 17.6 Å². The zero-order valence-electron chi connectivity index (χ0n) is 8.06. The molecule has 1 aromatic heterocycles. The number of aromatic nitrogens is 1. The van der Waals surface area contributed by atoms with Gasteiger partial charge < -0.3 is 15.6 Å². The molecule has 6 nitrogen and oxygen atoms in total. The Hall–Kier alpha value is -2.11. The quantitative estimate of drug-likeness (QED) is 0.706. The molecule has 0 radical (unpaired) electrons. The van der Waals surface area contributed by atoms with Gasteiger partial charge in [-0.25, -0.2) is 14.6 Å². The van der Waals surface area contributed by atoms with Gasteiger partial charge in [-0.15, -0.1) is 0 Å². The van der Waals surface area contributed by atoms with Crippen LogP contribution in [0.1, 0.15) is 27.9 Å². The van der Waals surface area contributed by atoms with E-state index in [4.69, 9.17) is 10.8 Å². The molecule has 0 aromatic carbocycles. The highest BCUT2D eigenvalue weighted by molar-refractivity contribution is 5.92. The summed E-state index contributed by atoms with van der Waals surface area (Å²) in [6, 6.07) is 2.44. The molecule has 0 saturated carbocycles. The number of nitrogen functional groups attached to an aromatic ring is 1. The van der Waals surface area contributed by atoms with E-state index in [1.54, 1.807) is 6.92 Å². The van der Waals surface area contributed by atoms with Gasteiger partial charge in [-0.1, -0.05) is 0 Å². The van der Waals surface area contributed by atoms with E-state index in [9.17, 15) is 9.59 Å².